The van der Waals surface area contributed by atoms with Crippen molar-refractivity contribution in [1.82, 2.24) is 4.98 Å². The summed E-state index contributed by atoms with van der Waals surface area (Å²) in [6.07, 6.45) is -0.00495. The van der Waals surface area contributed by atoms with E-state index in [2.05, 4.69) is 4.98 Å². The minimum absolute atomic E-state index is 0.00495. The Morgan fingerprint density at radius 2 is 2.12 bits per heavy atom. The van der Waals surface area contributed by atoms with E-state index in [1.807, 2.05) is 19.9 Å². The lowest BCUT2D eigenvalue weighted by Gasteiger charge is -2.01. The van der Waals surface area contributed by atoms with Crippen LogP contribution in [-0.2, 0) is 11.2 Å². The van der Waals surface area contributed by atoms with Gasteiger partial charge in [-0.2, -0.15) is 0 Å². The summed E-state index contributed by atoms with van der Waals surface area (Å²) < 4.78 is 0. The average Bonchev–Trinajstić information content (AvgIpc) is 2.51. The van der Waals surface area contributed by atoms with Crippen LogP contribution >= 0.6 is 11.6 Å². The van der Waals surface area contributed by atoms with E-state index in [0.717, 1.165) is 27.7 Å². The Hall–Kier alpha value is -1.48. The highest BCUT2D eigenvalue weighted by atomic mass is 35.5. The fourth-order valence-electron chi connectivity index (χ4n) is 1.96. The molecule has 2 aromatic rings. The minimum Gasteiger partial charge on any atom is -0.481 e. The van der Waals surface area contributed by atoms with Crippen molar-refractivity contribution in [2.24, 2.45) is 0 Å². The zero-order chi connectivity index (χ0) is 11.9. The Bertz CT molecular complexity index is 572. The number of halogens is 1. The lowest BCUT2D eigenvalue weighted by Crippen LogP contribution is -2.00. The standard InChI is InChI=1S/C12H12ClNO2/c1-6-3-4-9(13)11-8(5-10(15)16)7(2)14-12(6)11/h3-4,14H,5H2,1-2H3,(H,15,16). The number of aliphatic carboxylic acids is 1. The van der Waals surface area contributed by atoms with Crippen molar-refractivity contribution in [3.05, 3.63) is 34.0 Å². The summed E-state index contributed by atoms with van der Waals surface area (Å²) in [5.41, 5.74) is 3.64. The van der Waals surface area contributed by atoms with Crippen molar-refractivity contribution in [2.75, 3.05) is 0 Å². The van der Waals surface area contributed by atoms with Crippen LogP contribution in [0.5, 0.6) is 0 Å². The number of H-pyrrole nitrogens is 1. The largest absolute Gasteiger partial charge is 0.481 e. The van der Waals surface area contributed by atoms with Gasteiger partial charge in [0.2, 0.25) is 0 Å². The first kappa shape index (κ1) is 11.0. The summed E-state index contributed by atoms with van der Waals surface area (Å²) in [7, 11) is 0. The normalized spacial score (nSPS) is 10.9. The maximum atomic E-state index is 10.8. The van der Waals surface area contributed by atoms with Crippen LogP contribution in [0.3, 0.4) is 0 Å². The van der Waals surface area contributed by atoms with Gasteiger partial charge in [-0.15, -0.1) is 0 Å². The molecule has 0 aliphatic heterocycles. The molecule has 0 fully saturated rings. The Morgan fingerprint density at radius 1 is 1.44 bits per heavy atom. The second kappa shape index (κ2) is 3.83. The van der Waals surface area contributed by atoms with Gasteiger partial charge in [-0.3, -0.25) is 4.79 Å². The molecule has 84 valence electrons. The lowest BCUT2D eigenvalue weighted by atomic mass is 10.1. The van der Waals surface area contributed by atoms with E-state index in [1.165, 1.54) is 0 Å². The highest BCUT2D eigenvalue weighted by molar-refractivity contribution is 6.36. The zero-order valence-corrected chi connectivity index (χ0v) is 9.85. The van der Waals surface area contributed by atoms with Crippen LogP contribution in [0.2, 0.25) is 5.02 Å². The maximum Gasteiger partial charge on any atom is 0.307 e. The summed E-state index contributed by atoms with van der Waals surface area (Å²) in [5, 5.41) is 10.3. The van der Waals surface area contributed by atoms with Crippen LogP contribution in [0.15, 0.2) is 12.1 Å². The first-order valence-electron chi connectivity index (χ1n) is 4.98. The minimum atomic E-state index is -0.846. The van der Waals surface area contributed by atoms with Gasteiger partial charge in [-0.25, -0.2) is 0 Å². The molecule has 16 heavy (non-hydrogen) atoms. The Morgan fingerprint density at radius 3 is 2.75 bits per heavy atom. The summed E-state index contributed by atoms with van der Waals surface area (Å²) in [5.74, 6) is -0.846. The van der Waals surface area contributed by atoms with Gasteiger partial charge in [0.25, 0.3) is 0 Å². The maximum absolute atomic E-state index is 10.8. The second-order valence-electron chi connectivity index (χ2n) is 3.91. The van der Waals surface area contributed by atoms with Gasteiger partial charge in [0.15, 0.2) is 0 Å². The van der Waals surface area contributed by atoms with E-state index in [-0.39, 0.29) is 6.42 Å². The van der Waals surface area contributed by atoms with Crippen LogP contribution in [0.25, 0.3) is 10.9 Å². The number of carboxylic acids is 1. The van der Waals surface area contributed by atoms with Crippen LogP contribution in [0, 0.1) is 13.8 Å². The summed E-state index contributed by atoms with van der Waals surface area (Å²) in [6, 6.07) is 3.73. The van der Waals surface area contributed by atoms with Crippen LogP contribution in [0.1, 0.15) is 16.8 Å². The van der Waals surface area contributed by atoms with Gasteiger partial charge in [-0.05, 0) is 31.0 Å². The highest BCUT2D eigenvalue weighted by Gasteiger charge is 2.15. The molecule has 0 unspecified atom stereocenters. The average molecular weight is 238 g/mol. The van der Waals surface area contributed by atoms with E-state index in [4.69, 9.17) is 16.7 Å². The van der Waals surface area contributed by atoms with Gasteiger partial charge in [0.1, 0.15) is 0 Å². The number of carboxylic acid groups (broad SMARTS) is 1. The number of hydrogen-bond acceptors (Lipinski definition) is 1. The molecule has 0 aliphatic carbocycles. The molecule has 0 spiro atoms. The number of benzene rings is 1. The molecule has 2 rings (SSSR count). The molecule has 2 N–H and O–H groups in total. The van der Waals surface area contributed by atoms with Gasteiger partial charge in [-0.1, -0.05) is 17.7 Å². The number of carbonyl (C=O) groups is 1. The van der Waals surface area contributed by atoms with Crippen molar-refractivity contribution in [3.63, 3.8) is 0 Å². The van der Waals surface area contributed by atoms with E-state index in [1.54, 1.807) is 6.07 Å². The van der Waals surface area contributed by atoms with Crippen LogP contribution in [0.4, 0.5) is 0 Å². The monoisotopic (exact) mass is 237 g/mol. The van der Waals surface area contributed by atoms with Gasteiger partial charge in [0.05, 0.1) is 17.0 Å². The molecule has 1 aromatic carbocycles. The number of aromatic amines is 1. The van der Waals surface area contributed by atoms with E-state index in [9.17, 15) is 4.79 Å². The van der Waals surface area contributed by atoms with Crippen molar-refractivity contribution >= 4 is 28.5 Å². The fourth-order valence-corrected chi connectivity index (χ4v) is 2.23. The number of fused-ring (bicyclic) bond motifs is 1. The van der Waals surface area contributed by atoms with E-state index < -0.39 is 5.97 Å². The van der Waals surface area contributed by atoms with Crippen LogP contribution < -0.4 is 0 Å². The SMILES string of the molecule is Cc1[nH]c2c(C)ccc(Cl)c2c1CC(=O)O. The van der Waals surface area contributed by atoms with Gasteiger partial charge < -0.3 is 10.1 Å². The number of rotatable bonds is 2. The van der Waals surface area contributed by atoms with E-state index in [0.29, 0.717) is 5.02 Å². The van der Waals surface area contributed by atoms with E-state index >= 15 is 0 Å². The molecular formula is C12H12ClNO2. The Balaban J connectivity index is 2.77. The van der Waals surface area contributed by atoms with Gasteiger partial charge in [0, 0.05) is 11.1 Å². The zero-order valence-electron chi connectivity index (χ0n) is 9.10. The molecule has 1 heterocycles. The topological polar surface area (TPSA) is 53.1 Å². The molecule has 0 bridgehead atoms. The van der Waals surface area contributed by atoms with Crippen molar-refractivity contribution < 1.29 is 9.90 Å². The molecule has 1 aromatic heterocycles. The molecule has 0 aliphatic rings. The van der Waals surface area contributed by atoms with Crippen molar-refractivity contribution in [3.8, 4) is 0 Å². The molecule has 4 heteroatoms. The molecule has 3 nitrogen and oxygen atoms in total. The number of hydrogen-bond donors (Lipinski definition) is 2. The van der Waals surface area contributed by atoms with Crippen LogP contribution in [-0.4, -0.2) is 16.1 Å². The third kappa shape index (κ3) is 1.67. The number of aryl methyl sites for hydroxylation is 2. The lowest BCUT2D eigenvalue weighted by molar-refractivity contribution is -0.136. The molecule has 0 saturated heterocycles. The van der Waals surface area contributed by atoms with Crippen molar-refractivity contribution in [2.45, 2.75) is 20.3 Å². The first-order valence-corrected chi connectivity index (χ1v) is 5.36. The summed E-state index contributed by atoms with van der Waals surface area (Å²) >= 11 is 6.12. The van der Waals surface area contributed by atoms with Crippen molar-refractivity contribution in [1.29, 1.82) is 0 Å². The predicted molar refractivity (Wildman–Crippen MR) is 64.1 cm³/mol. The molecule has 0 saturated carbocycles. The summed E-state index contributed by atoms with van der Waals surface area (Å²) in [4.78, 5) is 14.0. The molecule has 0 radical (unpaired) electrons. The fraction of sp³-hybridized carbons (Fsp3) is 0.250. The second-order valence-corrected chi connectivity index (χ2v) is 4.32. The quantitative estimate of drug-likeness (QED) is 0.844. The highest BCUT2D eigenvalue weighted by Crippen LogP contribution is 2.31. The number of nitrogens with one attached hydrogen (secondary N) is 1. The number of aromatic nitrogens is 1. The molecule has 0 atom stereocenters. The van der Waals surface area contributed by atoms with Gasteiger partial charge >= 0.3 is 5.97 Å². The Labute approximate surface area is 98.0 Å². The summed E-state index contributed by atoms with van der Waals surface area (Å²) in [6.45, 7) is 3.84. The third-order valence-corrected chi connectivity index (χ3v) is 3.07. The first-order chi connectivity index (χ1) is 7.50. The third-order valence-electron chi connectivity index (χ3n) is 2.76. The Kier molecular flexibility index (Phi) is 2.64. The molecule has 0 amide bonds. The molecular weight excluding hydrogens is 226 g/mol. The predicted octanol–water partition coefficient (Wildman–Crippen LogP) is 3.07. The smallest absolute Gasteiger partial charge is 0.307 e.